The summed E-state index contributed by atoms with van der Waals surface area (Å²) in [4.78, 5) is 0. The number of thiol groups is 1. The molecule has 0 aliphatic rings. The third kappa shape index (κ3) is 3.77. The SMILES string of the molecule is CCOC(OCC)(OCC)C(C)CS. The summed E-state index contributed by atoms with van der Waals surface area (Å²) in [6.07, 6.45) is 0. The Labute approximate surface area is 92.5 Å². The van der Waals surface area contributed by atoms with Gasteiger partial charge in [0.15, 0.2) is 0 Å². The standard InChI is InChI=1S/C10H22O3S/c1-5-11-10(12-6-2,13-7-3)9(4)8-14/h9,14H,5-8H2,1-4H3. The second-order valence-corrected chi connectivity index (χ2v) is 3.35. The van der Waals surface area contributed by atoms with E-state index in [4.69, 9.17) is 14.2 Å². The summed E-state index contributed by atoms with van der Waals surface area (Å²) in [7, 11) is 0. The van der Waals surface area contributed by atoms with Gasteiger partial charge in [-0.3, -0.25) is 0 Å². The number of rotatable bonds is 8. The number of ether oxygens (including phenoxy) is 3. The Balaban J connectivity index is 4.53. The average Bonchev–Trinajstić information content (AvgIpc) is 2.17. The molecular weight excluding hydrogens is 200 g/mol. The molecule has 0 radical (unpaired) electrons. The van der Waals surface area contributed by atoms with E-state index in [1.54, 1.807) is 0 Å². The fourth-order valence-electron chi connectivity index (χ4n) is 1.27. The van der Waals surface area contributed by atoms with Crippen LogP contribution in [-0.4, -0.2) is 31.5 Å². The Bertz CT molecular complexity index is 124. The molecule has 3 nitrogen and oxygen atoms in total. The zero-order valence-electron chi connectivity index (χ0n) is 9.58. The molecule has 1 unspecified atom stereocenters. The Morgan fingerprint density at radius 3 is 1.57 bits per heavy atom. The third-order valence-electron chi connectivity index (χ3n) is 1.91. The van der Waals surface area contributed by atoms with Crippen molar-refractivity contribution >= 4 is 12.6 Å². The molecule has 86 valence electrons. The summed E-state index contributed by atoms with van der Waals surface area (Å²) in [5.74, 6) is -0.148. The highest BCUT2D eigenvalue weighted by molar-refractivity contribution is 7.80. The first-order valence-electron chi connectivity index (χ1n) is 5.19. The highest BCUT2D eigenvalue weighted by Gasteiger charge is 2.38. The van der Waals surface area contributed by atoms with Gasteiger partial charge in [-0.25, -0.2) is 0 Å². The van der Waals surface area contributed by atoms with Crippen molar-refractivity contribution < 1.29 is 14.2 Å². The van der Waals surface area contributed by atoms with Gasteiger partial charge in [-0.05, 0) is 20.8 Å². The molecule has 0 rings (SSSR count). The molecule has 0 saturated carbocycles. The topological polar surface area (TPSA) is 27.7 Å². The molecule has 0 fully saturated rings. The highest BCUT2D eigenvalue weighted by atomic mass is 32.1. The zero-order chi connectivity index (χ0) is 11.0. The molecule has 0 aliphatic heterocycles. The monoisotopic (exact) mass is 222 g/mol. The lowest BCUT2D eigenvalue weighted by Crippen LogP contribution is -2.46. The maximum absolute atomic E-state index is 5.57. The molecule has 0 aliphatic carbocycles. The molecule has 14 heavy (non-hydrogen) atoms. The fourth-order valence-corrected chi connectivity index (χ4v) is 1.49. The van der Waals surface area contributed by atoms with Gasteiger partial charge in [0.25, 0.3) is 5.97 Å². The van der Waals surface area contributed by atoms with E-state index in [9.17, 15) is 0 Å². The van der Waals surface area contributed by atoms with Gasteiger partial charge in [-0.2, -0.15) is 12.6 Å². The van der Waals surface area contributed by atoms with Crippen LogP contribution in [0, 0.1) is 5.92 Å². The first kappa shape index (κ1) is 14.2. The molecule has 0 spiro atoms. The minimum Gasteiger partial charge on any atom is -0.328 e. The largest absolute Gasteiger partial charge is 0.328 e. The van der Waals surface area contributed by atoms with E-state index >= 15 is 0 Å². The highest BCUT2D eigenvalue weighted by Crippen LogP contribution is 2.26. The van der Waals surface area contributed by atoms with Gasteiger partial charge < -0.3 is 14.2 Å². The molecule has 0 aromatic heterocycles. The van der Waals surface area contributed by atoms with Gasteiger partial charge in [-0.15, -0.1) is 0 Å². The Kier molecular flexibility index (Phi) is 7.64. The van der Waals surface area contributed by atoms with E-state index in [-0.39, 0.29) is 5.92 Å². The van der Waals surface area contributed by atoms with Crippen molar-refractivity contribution in [3.8, 4) is 0 Å². The van der Waals surface area contributed by atoms with Crippen LogP contribution in [0.5, 0.6) is 0 Å². The molecular formula is C10H22O3S. The lowest BCUT2D eigenvalue weighted by molar-refractivity contribution is -0.396. The average molecular weight is 222 g/mol. The van der Waals surface area contributed by atoms with E-state index in [0.29, 0.717) is 25.6 Å². The van der Waals surface area contributed by atoms with Crippen molar-refractivity contribution in [3.63, 3.8) is 0 Å². The second-order valence-electron chi connectivity index (χ2n) is 2.99. The van der Waals surface area contributed by atoms with Crippen LogP contribution in [0.4, 0.5) is 0 Å². The molecule has 0 aromatic carbocycles. The van der Waals surface area contributed by atoms with Crippen LogP contribution >= 0.6 is 12.6 Å². The predicted molar refractivity (Wildman–Crippen MR) is 60.6 cm³/mol. The van der Waals surface area contributed by atoms with Crippen LogP contribution in [-0.2, 0) is 14.2 Å². The number of hydrogen-bond donors (Lipinski definition) is 1. The van der Waals surface area contributed by atoms with Gasteiger partial charge in [0.2, 0.25) is 0 Å². The lowest BCUT2D eigenvalue weighted by Gasteiger charge is -2.36. The fraction of sp³-hybridized carbons (Fsp3) is 1.00. The van der Waals surface area contributed by atoms with E-state index < -0.39 is 5.97 Å². The van der Waals surface area contributed by atoms with Crippen molar-refractivity contribution in [1.82, 2.24) is 0 Å². The van der Waals surface area contributed by atoms with Gasteiger partial charge >= 0.3 is 0 Å². The van der Waals surface area contributed by atoms with Crippen LogP contribution < -0.4 is 0 Å². The van der Waals surface area contributed by atoms with Gasteiger partial charge in [0, 0.05) is 31.5 Å². The lowest BCUT2D eigenvalue weighted by atomic mass is 10.1. The van der Waals surface area contributed by atoms with Gasteiger partial charge in [0.1, 0.15) is 0 Å². The molecule has 4 heteroatoms. The Morgan fingerprint density at radius 2 is 1.36 bits per heavy atom. The van der Waals surface area contributed by atoms with E-state index in [1.165, 1.54) is 0 Å². The third-order valence-corrected chi connectivity index (χ3v) is 2.46. The molecule has 0 aromatic rings. The van der Waals surface area contributed by atoms with Crippen LogP contribution in [0.2, 0.25) is 0 Å². The summed E-state index contributed by atoms with van der Waals surface area (Å²) in [5.41, 5.74) is 0. The van der Waals surface area contributed by atoms with Crippen LogP contribution in [0.25, 0.3) is 0 Å². The molecule has 0 bridgehead atoms. The summed E-state index contributed by atoms with van der Waals surface area (Å²) in [6, 6.07) is 0. The zero-order valence-corrected chi connectivity index (χ0v) is 10.5. The molecule has 0 N–H and O–H groups in total. The Hall–Kier alpha value is 0.230. The number of hydrogen-bond acceptors (Lipinski definition) is 4. The summed E-state index contributed by atoms with van der Waals surface area (Å²) < 4.78 is 16.7. The minimum absolute atomic E-state index is 0.102. The van der Waals surface area contributed by atoms with Crippen molar-refractivity contribution in [2.24, 2.45) is 5.92 Å². The smallest absolute Gasteiger partial charge is 0.286 e. The van der Waals surface area contributed by atoms with Crippen LogP contribution in [0.1, 0.15) is 27.7 Å². The van der Waals surface area contributed by atoms with Crippen LogP contribution in [0.3, 0.4) is 0 Å². The maximum atomic E-state index is 5.57. The predicted octanol–water partition coefficient (Wildman–Crippen LogP) is 2.32. The molecule has 0 heterocycles. The quantitative estimate of drug-likeness (QED) is 0.504. The summed E-state index contributed by atoms with van der Waals surface area (Å²) >= 11 is 4.25. The van der Waals surface area contributed by atoms with Gasteiger partial charge in [-0.1, -0.05) is 6.92 Å². The van der Waals surface area contributed by atoms with Crippen molar-refractivity contribution in [2.45, 2.75) is 33.7 Å². The van der Waals surface area contributed by atoms with Crippen LogP contribution in [0.15, 0.2) is 0 Å². The van der Waals surface area contributed by atoms with Crippen molar-refractivity contribution in [1.29, 1.82) is 0 Å². The second kappa shape index (κ2) is 7.51. The molecule has 1 atom stereocenters. The first-order valence-corrected chi connectivity index (χ1v) is 5.82. The normalized spacial score (nSPS) is 14.4. The Morgan fingerprint density at radius 1 is 1.00 bits per heavy atom. The molecule has 0 saturated heterocycles. The van der Waals surface area contributed by atoms with Crippen molar-refractivity contribution in [3.05, 3.63) is 0 Å². The first-order chi connectivity index (χ1) is 6.66. The van der Waals surface area contributed by atoms with Gasteiger partial charge in [0.05, 0.1) is 0 Å². The van der Waals surface area contributed by atoms with E-state index in [1.807, 2.05) is 27.7 Å². The summed E-state index contributed by atoms with van der Waals surface area (Å²) in [6.45, 7) is 9.50. The maximum Gasteiger partial charge on any atom is 0.286 e. The van der Waals surface area contributed by atoms with E-state index in [0.717, 1.165) is 0 Å². The van der Waals surface area contributed by atoms with Crippen molar-refractivity contribution in [2.75, 3.05) is 25.6 Å². The van der Waals surface area contributed by atoms with E-state index in [2.05, 4.69) is 12.6 Å². The summed E-state index contributed by atoms with van der Waals surface area (Å²) in [5, 5.41) is 0. The molecule has 0 amide bonds. The minimum atomic E-state index is -0.917.